The van der Waals surface area contributed by atoms with Gasteiger partial charge in [-0.1, -0.05) is 40.0 Å². The van der Waals surface area contributed by atoms with Gasteiger partial charge in [0, 0.05) is 13.1 Å². The molecule has 0 aromatic carbocycles. The molecule has 1 fully saturated rings. The Morgan fingerprint density at radius 2 is 1.90 bits per heavy atom. The Balaban J connectivity index is 2.47. The van der Waals surface area contributed by atoms with Crippen molar-refractivity contribution in [2.24, 2.45) is 5.41 Å². The second kappa shape index (κ2) is 7.50. The van der Waals surface area contributed by atoms with Crippen LogP contribution in [0.2, 0.25) is 0 Å². The molecule has 5 heteroatoms. The summed E-state index contributed by atoms with van der Waals surface area (Å²) in [6.45, 7) is 7.88. The molecule has 20 heavy (non-hydrogen) atoms. The average Bonchev–Trinajstić information content (AvgIpc) is 2.43. The summed E-state index contributed by atoms with van der Waals surface area (Å²) in [4.78, 5) is 25.0. The van der Waals surface area contributed by atoms with E-state index in [1.54, 1.807) is 4.90 Å². The topological polar surface area (TPSA) is 69.6 Å². The van der Waals surface area contributed by atoms with Crippen LogP contribution in [0.3, 0.4) is 0 Å². The van der Waals surface area contributed by atoms with Gasteiger partial charge in [0.1, 0.15) is 6.04 Å². The zero-order valence-electron chi connectivity index (χ0n) is 12.9. The molecule has 1 atom stereocenters. The zero-order valence-corrected chi connectivity index (χ0v) is 12.9. The van der Waals surface area contributed by atoms with Crippen molar-refractivity contribution < 1.29 is 14.7 Å². The third kappa shape index (κ3) is 4.69. The van der Waals surface area contributed by atoms with E-state index in [2.05, 4.69) is 19.2 Å². The van der Waals surface area contributed by atoms with Crippen molar-refractivity contribution >= 4 is 12.0 Å². The van der Waals surface area contributed by atoms with Gasteiger partial charge in [0.2, 0.25) is 0 Å². The Morgan fingerprint density at radius 1 is 1.30 bits per heavy atom. The van der Waals surface area contributed by atoms with Gasteiger partial charge in [-0.2, -0.15) is 0 Å². The van der Waals surface area contributed by atoms with Crippen LogP contribution in [0.25, 0.3) is 0 Å². The number of carboxylic acid groups (broad SMARTS) is 1. The Bertz CT molecular complexity index is 336. The van der Waals surface area contributed by atoms with E-state index in [0.29, 0.717) is 11.8 Å². The van der Waals surface area contributed by atoms with Crippen LogP contribution in [0.5, 0.6) is 0 Å². The van der Waals surface area contributed by atoms with Gasteiger partial charge in [-0.15, -0.1) is 0 Å². The normalized spacial score (nSPS) is 19.4. The molecule has 0 spiro atoms. The molecule has 0 saturated carbocycles. The van der Waals surface area contributed by atoms with Gasteiger partial charge in [-0.3, -0.25) is 0 Å². The molecule has 1 unspecified atom stereocenters. The highest BCUT2D eigenvalue weighted by molar-refractivity contribution is 5.82. The van der Waals surface area contributed by atoms with Crippen LogP contribution in [0.4, 0.5) is 4.79 Å². The van der Waals surface area contributed by atoms with Crippen molar-refractivity contribution in [3.05, 3.63) is 0 Å². The van der Waals surface area contributed by atoms with Crippen LogP contribution in [0.15, 0.2) is 0 Å². The van der Waals surface area contributed by atoms with Crippen molar-refractivity contribution in [3.63, 3.8) is 0 Å². The molecule has 0 aliphatic carbocycles. The van der Waals surface area contributed by atoms with E-state index < -0.39 is 12.0 Å². The maximum Gasteiger partial charge on any atom is 0.326 e. The quantitative estimate of drug-likeness (QED) is 0.788. The van der Waals surface area contributed by atoms with Gasteiger partial charge in [-0.25, -0.2) is 9.59 Å². The molecule has 116 valence electrons. The van der Waals surface area contributed by atoms with Crippen LogP contribution in [-0.4, -0.2) is 41.1 Å². The van der Waals surface area contributed by atoms with Gasteiger partial charge in [-0.05, 0) is 24.7 Å². The summed E-state index contributed by atoms with van der Waals surface area (Å²) >= 11 is 0. The molecule has 1 saturated heterocycles. The number of nitrogens with one attached hydrogen (secondary N) is 1. The summed E-state index contributed by atoms with van der Waals surface area (Å²) in [6, 6.07) is -0.992. The number of carbonyl (C=O) groups excluding carboxylic acids is 1. The lowest BCUT2D eigenvalue weighted by molar-refractivity contribution is -0.139. The standard InChI is InChI=1S/C15H28N2O3/c1-4-6-7-12(13(18)19)16-14(20)17-10-8-15(3,5-2)9-11-17/h12H,4-11H2,1-3H3,(H,16,20)(H,18,19). The summed E-state index contributed by atoms with van der Waals surface area (Å²) in [5, 5.41) is 11.8. The predicted molar refractivity (Wildman–Crippen MR) is 78.7 cm³/mol. The summed E-state index contributed by atoms with van der Waals surface area (Å²) in [6.07, 6.45) is 5.34. The lowest BCUT2D eigenvalue weighted by atomic mass is 9.78. The second-order valence-corrected chi connectivity index (χ2v) is 6.13. The summed E-state index contributed by atoms with van der Waals surface area (Å²) in [5.74, 6) is -0.942. The van der Waals surface area contributed by atoms with Crippen molar-refractivity contribution in [1.82, 2.24) is 10.2 Å². The lowest BCUT2D eigenvalue weighted by Crippen LogP contribution is -2.51. The first-order chi connectivity index (χ1) is 9.41. The number of nitrogens with zero attached hydrogens (tertiary/aromatic N) is 1. The van der Waals surface area contributed by atoms with Gasteiger partial charge < -0.3 is 15.3 Å². The predicted octanol–water partition coefficient (Wildman–Crippen LogP) is 2.85. The first kappa shape index (κ1) is 16.8. The molecule has 1 aliphatic rings. The fourth-order valence-electron chi connectivity index (χ4n) is 2.51. The smallest absolute Gasteiger partial charge is 0.326 e. The highest BCUT2D eigenvalue weighted by Gasteiger charge is 2.31. The zero-order chi connectivity index (χ0) is 15.2. The van der Waals surface area contributed by atoms with E-state index in [9.17, 15) is 9.59 Å². The largest absolute Gasteiger partial charge is 0.480 e. The Labute approximate surface area is 121 Å². The van der Waals surface area contributed by atoms with Gasteiger partial charge in [0.05, 0.1) is 0 Å². The third-order valence-corrected chi connectivity index (χ3v) is 4.55. The third-order valence-electron chi connectivity index (χ3n) is 4.55. The Kier molecular flexibility index (Phi) is 6.30. The van der Waals surface area contributed by atoms with Gasteiger partial charge in [0.25, 0.3) is 0 Å². The number of hydrogen-bond donors (Lipinski definition) is 2. The monoisotopic (exact) mass is 284 g/mol. The fourth-order valence-corrected chi connectivity index (χ4v) is 2.51. The molecule has 2 N–H and O–H groups in total. The van der Waals surface area contributed by atoms with E-state index in [-0.39, 0.29) is 6.03 Å². The maximum absolute atomic E-state index is 12.1. The number of likely N-dealkylation sites (tertiary alicyclic amines) is 1. The molecular weight excluding hydrogens is 256 g/mol. The number of rotatable bonds is 6. The molecule has 0 aromatic rings. The minimum Gasteiger partial charge on any atom is -0.480 e. The number of amides is 2. The number of hydrogen-bond acceptors (Lipinski definition) is 2. The minimum atomic E-state index is -0.942. The Hall–Kier alpha value is -1.26. The SMILES string of the molecule is CCCCC(NC(=O)N1CCC(C)(CC)CC1)C(=O)O. The summed E-state index contributed by atoms with van der Waals surface area (Å²) in [5.41, 5.74) is 0.325. The van der Waals surface area contributed by atoms with Crippen LogP contribution >= 0.6 is 0 Å². The highest BCUT2D eigenvalue weighted by Crippen LogP contribution is 2.33. The van der Waals surface area contributed by atoms with Crippen molar-refractivity contribution in [2.45, 2.75) is 65.3 Å². The van der Waals surface area contributed by atoms with Crippen LogP contribution < -0.4 is 5.32 Å². The molecule has 0 radical (unpaired) electrons. The van der Waals surface area contributed by atoms with Crippen LogP contribution in [-0.2, 0) is 4.79 Å². The first-order valence-corrected chi connectivity index (χ1v) is 7.70. The second-order valence-electron chi connectivity index (χ2n) is 6.13. The average molecular weight is 284 g/mol. The molecule has 2 amide bonds. The van der Waals surface area contributed by atoms with Crippen molar-refractivity contribution in [1.29, 1.82) is 0 Å². The fraction of sp³-hybridized carbons (Fsp3) is 0.867. The minimum absolute atomic E-state index is 0.230. The highest BCUT2D eigenvalue weighted by atomic mass is 16.4. The molecule has 0 aromatic heterocycles. The number of carbonyl (C=O) groups is 2. The first-order valence-electron chi connectivity index (χ1n) is 7.70. The lowest BCUT2D eigenvalue weighted by Gasteiger charge is -2.39. The van der Waals surface area contributed by atoms with E-state index in [1.165, 1.54) is 0 Å². The Morgan fingerprint density at radius 3 is 2.35 bits per heavy atom. The maximum atomic E-state index is 12.1. The van der Waals surface area contributed by atoms with Crippen molar-refractivity contribution in [2.75, 3.05) is 13.1 Å². The number of unbranched alkanes of at least 4 members (excludes halogenated alkanes) is 1. The molecule has 0 bridgehead atoms. The van der Waals surface area contributed by atoms with E-state index in [4.69, 9.17) is 5.11 Å². The molecular formula is C15H28N2O3. The van der Waals surface area contributed by atoms with Crippen molar-refractivity contribution in [3.8, 4) is 0 Å². The van der Waals surface area contributed by atoms with Crippen LogP contribution in [0, 0.1) is 5.41 Å². The van der Waals surface area contributed by atoms with Gasteiger partial charge in [0.15, 0.2) is 0 Å². The van der Waals surface area contributed by atoms with E-state index >= 15 is 0 Å². The van der Waals surface area contributed by atoms with Crippen LogP contribution in [0.1, 0.15) is 59.3 Å². The number of carboxylic acids is 1. The molecule has 1 aliphatic heterocycles. The molecule has 1 heterocycles. The van der Waals surface area contributed by atoms with Gasteiger partial charge >= 0.3 is 12.0 Å². The number of aliphatic carboxylic acids is 1. The molecule has 5 nitrogen and oxygen atoms in total. The molecule has 1 rings (SSSR count). The number of piperidine rings is 1. The summed E-state index contributed by atoms with van der Waals surface area (Å²) in [7, 11) is 0. The summed E-state index contributed by atoms with van der Waals surface area (Å²) < 4.78 is 0. The van der Waals surface area contributed by atoms with E-state index in [0.717, 1.165) is 45.2 Å². The van der Waals surface area contributed by atoms with E-state index in [1.807, 2.05) is 6.92 Å². The number of urea groups is 1.